The van der Waals surface area contributed by atoms with Gasteiger partial charge in [0.1, 0.15) is 11.5 Å². The summed E-state index contributed by atoms with van der Waals surface area (Å²) in [5, 5.41) is 3.62. The second kappa shape index (κ2) is 11.2. The third-order valence-electron chi connectivity index (χ3n) is 4.31. The minimum atomic E-state index is -0.347. The number of esters is 1. The van der Waals surface area contributed by atoms with Crippen LogP contribution < -0.4 is 9.47 Å². The van der Waals surface area contributed by atoms with E-state index in [-0.39, 0.29) is 5.97 Å². The number of hydrogen-bond acceptors (Lipinski definition) is 5. The van der Waals surface area contributed by atoms with E-state index in [4.69, 9.17) is 9.47 Å². The van der Waals surface area contributed by atoms with Crippen molar-refractivity contribution in [3.8, 4) is 11.5 Å². The summed E-state index contributed by atoms with van der Waals surface area (Å²) in [5.74, 6) is 1.04. The topological polar surface area (TPSA) is 47.9 Å². The molecule has 0 aliphatic rings. The number of rotatable bonds is 10. The van der Waals surface area contributed by atoms with E-state index in [2.05, 4.69) is 11.9 Å². The van der Waals surface area contributed by atoms with Gasteiger partial charge < -0.3 is 9.47 Å². The van der Waals surface area contributed by atoms with E-state index < -0.39 is 0 Å². The molecule has 0 aliphatic carbocycles. The predicted molar refractivity (Wildman–Crippen MR) is 119 cm³/mol. The first-order valence-electron chi connectivity index (χ1n) is 9.86. The fraction of sp³-hybridized carbons (Fsp3) is 0.250. The molecule has 2 aromatic carbocycles. The molecule has 1 heterocycles. The van der Waals surface area contributed by atoms with Gasteiger partial charge >= 0.3 is 5.97 Å². The highest BCUT2D eigenvalue weighted by Gasteiger charge is 2.08. The van der Waals surface area contributed by atoms with Crippen LogP contribution >= 0.6 is 11.3 Å². The maximum Gasteiger partial charge on any atom is 0.344 e. The van der Waals surface area contributed by atoms with Gasteiger partial charge in [0.2, 0.25) is 0 Å². The Balaban J connectivity index is 1.48. The lowest BCUT2D eigenvalue weighted by atomic mass is 10.2. The first kappa shape index (κ1) is 20.8. The molecule has 0 amide bonds. The first-order chi connectivity index (χ1) is 14.2. The largest absolute Gasteiger partial charge is 0.494 e. The van der Waals surface area contributed by atoms with E-state index in [1.54, 1.807) is 29.8 Å². The Bertz CT molecular complexity index is 900. The summed E-state index contributed by atoms with van der Waals surface area (Å²) >= 11 is 1.47. The lowest BCUT2D eigenvalue weighted by Crippen LogP contribution is -2.06. The van der Waals surface area contributed by atoms with Crippen LogP contribution in [-0.2, 0) is 0 Å². The molecule has 0 atom stereocenters. The Morgan fingerprint density at radius 1 is 0.966 bits per heavy atom. The Morgan fingerprint density at radius 3 is 2.41 bits per heavy atom. The van der Waals surface area contributed by atoms with Crippen molar-refractivity contribution in [1.29, 1.82) is 0 Å². The number of ether oxygens (including phenoxy) is 2. The summed E-state index contributed by atoms with van der Waals surface area (Å²) in [4.78, 5) is 16.4. The fourth-order valence-electron chi connectivity index (χ4n) is 2.66. The number of unbranched alkanes of at least 4 members (excludes halogenated alkanes) is 3. The second-order valence-electron chi connectivity index (χ2n) is 6.63. The molecule has 4 nitrogen and oxygen atoms in total. The second-order valence-corrected chi connectivity index (χ2v) is 7.41. The first-order valence-corrected chi connectivity index (χ1v) is 10.8. The Hall–Kier alpha value is -2.92. The minimum absolute atomic E-state index is 0.347. The van der Waals surface area contributed by atoms with Gasteiger partial charge in [-0.1, -0.05) is 26.2 Å². The van der Waals surface area contributed by atoms with Crippen molar-refractivity contribution >= 4 is 29.2 Å². The number of nitrogens with zero attached hydrogens (tertiary/aromatic N) is 1. The number of aliphatic imine (C=N–C) groups is 1. The smallest absolute Gasteiger partial charge is 0.344 e. The lowest BCUT2D eigenvalue weighted by molar-refractivity contribution is 0.0735. The van der Waals surface area contributed by atoms with Gasteiger partial charge in [0.25, 0.3) is 0 Å². The molecule has 0 radical (unpaired) electrons. The molecule has 0 aliphatic heterocycles. The van der Waals surface area contributed by atoms with Crippen molar-refractivity contribution in [3.05, 3.63) is 76.5 Å². The molecule has 0 saturated carbocycles. The summed E-state index contributed by atoms with van der Waals surface area (Å²) in [6, 6.07) is 16.8. The van der Waals surface area contributed by atoms with E-state index in [9.17, 15) is 4.79 Å². The highest BCUT2D eigenvalue weighted by Crippen LogP contribution is 2.19. The zero-order valence-electron chi connectivity index (χ0n) is 16.5. The van der Waals surface area contributed by atoms with Crippen molar-refractivity contribution in [2.45, 2.75) is 32.6 Å². The average molecular weight is 408 g/mol. The summed E-state index contributed by atoms with van der Waals surface area (Å²) < 4.78 is 11.1. The van der Waals surface area contributed by atoms with Gasteiger partial charge in [-0.15, -0.1) is 0 Å². The quantitative estimate of drug-likeness (QED) is 0.163. The average Bonchev–Trinajstić information content (AvgIpc) is 3.29. The van der Waals surface area contributed by atoms with Crippen LogP contribution in [0.25, 0.3) is 0 Å². The maximum absolute atomic E-state index is 12.0. The third kappa shape index (κ3) is 6.88. The lowest BCUT2D eigenvalue weighted by Gasteiger charge is -2.06. The van der Waals surface area contributed by atoms with Crippen LogP contribution in [0.1, 0.15) is 48.5 Å². The summed E-state index contributed by atoms with van der Waals surface area (Å²) in [6.07, 6.45) is 6.58. The van der Waals surface area contributed by atoms with Crippen LogP contribution in [0.4, 0.5) is 5.69 Å². The van der Waals surface area contributed by atoms with Crippen molar-refractivity contribution in [2.75, 3.05) is 6.61 Å². The van der Waals surface area contributed by atoms with Crippen molar-refractivity contribution in [3.63, 3.8) is 0 Å². The molecule has 0 saturated heterocycles. The summed E-state index contributed by atoms with van der Waals surface area (Å²) in [7, 11) is 0. The van der Waals surface area contributed by atoms with Gasteiger partial charge in [0, 0.05) is 11.6 Å². The van der Waals surface area contributed by atoms with E-state index in [1.165, 1.54) is 30.6 Å². The van der Waals surface area contributed by atoms with E-state index >= 15 is 0 Å². The standard InChI is InChI=1S/C24H25NO3S/c1-2-3-4-5-15-27-22-12-8-21(9-13-22)25-17-19-6-10-23(11-7-19)28-24(26)20-14-16-29-18-20/h6-14,16-18H,2-5,15H2,1H3. The molecule has 0 bridgehead atoms. The Morgan fingerprint density at radius 2 is 1.72 bits per heavy atom. The van der Waals surface area contributed by atoms with Gasteiger partial charge in [-0.3, -0.25) is 4.99 Å². The molecule has 29 heavy (non-hydrogen) atoms. The number of hydrogen-bond donors (Lipinski definition) is 0. The molecule has 0 unspecified atom stereocenters. The van der Waals surface area contributed by atoms with Crippen LogP contribution in [0.2, 0.25) is 0 Å². The van der Waals surface area contributed by atoms with Gasteiger partial charge in [-0.05, 0) is 72.0 Å². The molecular weight excluding hydrogens is 382 g/mol. The van der Waals surface area contributed by atoms with Gasteiger partial charge in [0.15, 0.2) is 0 Å². The van der Waals surface area contributed by atoms with Crippen LogP contribution in [0.5, 0.6) is 11.5 Å². The number of thiophene rings is 1. The van der Waals surface area contributed by atoms with Crippen LogP contribution in [0, 0.1) is 0 Å². The Kier molecular flexibility index (Phi) is 8.01. The molecule has 0 spiro atoms. The van der Waals surface area contributed by atoms with E-state index in [0.717, 1.165) is 30.0 Å². The predicted octanol–water partition coefficient (Wildman–Crippen LogP) is 6.68. The maximum atomic E-state index is 12.0. The molecule has 1 aromatic heterocycles. The number of carbonyl (C=O) groups excluding carboxylic acids is 1. The summed E-state index contributed by atoms with van der Waals surface area (Å²) in [6.45, 7) is 2.96. The molecule has 5 heteroatoms. The zero-order chi connectivity index (χ0) is 20.3. The Labute approximate surface area is 175 Å². The third-order valence-corrected chi connectivity index (χ3v) is 5.00. The molecule has 0 N–H and O–H groups in total. The summed E-state index contributed by atoms with van der Waals surface area (Å²) in [5.41, 5.74) is 2.35. The van der Waals surface area contributed by atoms with Gasteiger partial charge in [0.05, 0.1) is 17.9 Å². The van der Waals surface area contributed by atoms with Crippen LogP contribution in [-0.4, -0.2) is 18.8 Å². The molecule has 3 aromatic rings. The number of carbonyl (C=O) groups is 1. The van der Waals surface area contributed by atoms with Crippen molar-refractivity contribution in [1.82, 2.24) is 0 Å². The molecular formula is C24H25NO3S. The van der Waals surface area contributed by atoms with Crippen LogP contribution in [0.15, 0.2) is 70.3 Å². The van der Waals surface area contributed by atoms with Crippen LogP contribution in [0.3, 0.4) is 0 Å². The van der Waals surface area contributed by atoms with Gasteiger partial charge in [-0.2, -0.15) is 11.3 Å². The van der Waals surface area contributed by atoms with Gasteiger partial charge in [-0.25, -0.2) is 4.79 Å². The minimum Gasteiger partial charge on any atom is -0.494 e. The molecule has 3 rings (SSSR count). The fourth-order valence-corrected chi connectivity index (χ4v) is 3.29. The van der Waals surface area contributed by atoms with E-state index in [1.807, 2.05) is 41.8 Å². The SMILES string of the molecule is CCCCCCOc1ccc(N=Cc2ccc(OC(=O)c3ccsc3)cc2)cc1. The number of benzene rings is 2. The molecule has 0 fully saturated rings. The highest BCUT2D eigenvalue weighted by molar-refractivity contribution is 7.08. The van der Waals surface area contributed by atoms with Crippen molar-refractivity contribution in [2.24, 2.45) is 4.99 Å². The van der Waals surface area contributed by atoms with E-state index in [0.29, 0.717) is 11.3 Å². The van der Waals surface area contributed by atoms with Crippen molar-refractivity contribution < 1.29 is 14.3 Å². The monoisotopic (exact) mass is 407 g/mol. The zero-order valence-corrected chi connectivity index (χ0v) is 17.4. The molecule has 150 valence electrons. The normalized spacial score (nSPS) is 10.9. The highest BCUT2D eigenvalue weighted by atomic mass is 32.1.